The van der Waals surface area contributed by atoms with Crippen LogP contribution >= 0.6 is 0 Å². The molecule has 0 aliphatic heterocycles. The average molecular weight is 273 g/mol. The molecule has 106 valence electrons. The number of rotatable bonds is 3. The molecule has 2 aromatic rings. The van der Waals surface area contributed by atoms with Crippen molar-refractivity contribution in [1.29, 1.82) is 0 Å². The van der Waals surface area contributed by atoms with Gasteiger partial charge in [0.1, 0.15) is 0 Å². The average Bonchev–Trinajstić information content (AvgIpc) is 2.99. The first-order valence-electron chi connectivity index (χ1n) is 7.07. The Kier molecular flexibility index (Phi) is 3.48. The molecule has 1 aliphatic rings. The lowest BCUT2D eigenvalue weighted by atomic mass is 9.74. The van der Waals surface area contributed by atoms with Crippen molar-refractivity contribution >= 4 is 0 Å². The standard InChI is InChI=1S/C14H19N5O/c1-10-7-16-11(17-8-10)12-18-13(20-19-12)14(9-15)5-3-2-4-6-14/h7-8H,2-6,9,15H2,1H3. The van der Waals surface area contributed by atoms with Gasteiger partial charge in [-0.2, -0.15) is 4.98 Å². The predicted octanol–water partition coefficient (Wildman–Crippen LogP) is 2.00. The summed E-state index contributed by atoms with van der Waals surface area (Å²) in [6.45, 7) is 2.49. The van der Waals surface area contributed by atoms with Gasteiger partial charge in [-0.1, -0.05) is 24.4 Å². The maximum Gasteiger partial charge on any atom is 0.240 e. The zero-order valence-electron chi connectivity index (χ0n) is 11.7. The molecule has 20 heavy (non-hydrogen) atoms. The van der Waals surface area contributed by atoms with Gasteiger partial charge in [0.15, 0.2) is 0 Å². The Labute approximate surface area is 117 Å². The van der Waals surface area contributed by atoms with Crippen LogP contribution in [0.5, 0.6) is 0 Å². The minimum atomic E-state index is -0.159. The van der Waals surface area contributed by atoms with E-state index < -0.39 is 0 Å². The van der Waals surface area contributed by atoms with Crippen LogP contribution in [0.3, 0.4) is 0 Å². The first kappa shape index (κ1) is 13.2. The van der Waals surface area contributed by atoms with Gasteiger partial charge in [-0.25, -0.2) is 9.97 Å². The van der Waals surface area contributed by atoms with Crippen molar-refractivity contribution in [2.45, 2.75) is 44.4 Å². The van der Waals surface area contributed by atoms with E-state index in [-0.39, 0.29) is 5.41 Å². The van der Waals surface area contributed by atoms with E-state index in [0.717, 1.165) is 31.2 Å². The number of hydrogen-bond acceptors (Lipinski definition) is 6. The van der Waals surface area contributed by atoms with Crippen molar-refractivity contribution in [2.24, 2.45) is 5.73 Å². The fourth-order valence-corrected chi connectivity index (χ4v) is 2.77. The molecule has 0 bridgehead atoms. The molecule has 0 atom stereocenters. The largest absolute Gasteiger partial charge is 0.338 e. The number of aromatic nitrogens is 4. The van der Waals surface area contributed by atoms with Crippen LogP contribution < -0.4 is 5.73 Å². The zero-order chi connectivity index (χ0) is 14.0. The molecule has 1 saturated carbocycles. The molecule has 0 amide bonds. The Morgan fingerprint density at radius 2 is 1.85 bits per heavy atom. The maximum atomic E-state index is 5.98. The van der Waals surface area contributed by atoms with Crippen LogP contribution in [0.1, 0.15) is 43.6 Å². The lowest BCUT2D eigenvalue weighted by molar-refractivity contribution is 0.220. The second kappa shape index (κ2) is 5.28. The van der Waals surface area contributed by atoms with Crippen molar-refractivity contribution in [1.82, 2.24) is 20.1 Å². The molecule has 2 heterocycles. The summed E-state index contributed by atoms with van der Waals surface area (Å²) in [7, 11) is 0. The molecule has 0 unspecified atom stereocenters. The maximum absolute atomic E-state index is 5.98. The number of hydrogen-bond donors (Lipinski definition) is 1. The van der Waals surface area contributed by atoms with Crippen LogP contribution in [0.4, 0.5) is 0 Å². The Morgan fingerprint density at radius 3 is 2.50 bits per heavy atom. The normalized spacial score (nSPS) is 18.1. The van der Waals surface area contributed by atoms with E-state index >= 15 is 0 Å². The molecule has 2 N–H and O–H groups in total. The van der Waals surface area contributed by atoms with Crippen LogP contribution in [-0.2, 0) is 5.41 Å². The molecule has 3 rings (SSSR count). The van der Waals surface area contributed by atoms with Gasteiger partial charge in [0.2, 0.25) is 17.5 Å². The highest BCUT2D eigenvalue weighted by Crippen LogP contribution is 2.38. The molecule has 1 aliphatic carbocycles. The van der Waals surface area contributed by atoms with E-state index in [2.05, 4.69) is 20.1 Å². The van der Waals surface area contributed by atoms with Gasteiger partial charge in [-0.15, -0.1) is 0 Å². The van der Waals surface area contributed by atoms with Crippen LogP contribution in [0.25, 0.3) is 11.6 Å². The SMILES string of the molecule is Cc1cnc(-c2noc(C3(CN)CCCCC3)n2)nc1. The van der Waals surface area contributed by atoms with Crippen molar-refractivity contribution in [2.75, 3.05) is 6.54 Å². The topological polar surface area (TPSA) is 90.7 Å². The molecule has 2 aromatic heterocycles. The van der Waals surface area contributed by atoms with E-state index in [1.54, 1.807) is 12.4 Å². The third kappa shape index (κ3) is 2.31. The molecule has 0 saturated heterocycles. The lowest BCUT2D eigenvalue weighted by Gasteiger charge is -2.32. The van der Waals surface area contributed by atoms with E-state index in [9.17, 15) is 0 Å². The second-order valence-electron chi connectivity index (χ2n) is 5.55. The monoisotopic (exact) mass is 273 g/mol. The first-order chi connectivity index (χ1) is 9.73. The second-order valence-corrected chi connectivity index (χ2v) is 5.55. The smallest absolute Gasteiger partial charge is 0.240 e. The molecule has 6 nitrogen and oxygen atoms in total. The first-order valence-corrected chi connectivity index (χ1v) is 7.07. The highest BCUT2D eigenvalue weighted by atomic mass is 16.5. The summed E-state index contributed by atoms with van der Waals surface area (Å²) in [6, 6.07) is 0. The Bertz CT molecular complexity index is 572. The molecule has 0 aromatic carbocycles. The Hall–Kier alpha value is -1.82. The van der Waals surface area contributed by atoms with Crippen LogP contribution in [-0.4, -0.2) is 26.7 Å². The minimum Gasteiger partial charge on any atom is -0.338 e. The summed E-state index contributed by atoms with van der Waals surface area (Å²) < 4.78 is 5.46. The van der Waals surface area contributed by atoms with E-state index in [0.29, 0.717) is 24.1 Å². The summed E-state index contributed by atoms with van der Waals surface area (Å²) >= 11 is 0. The van der Waals surface area contributed by atoms with Crippen molar-refractivity contribution in [3.05, 3.63) is 23.8 Å². The minimum absolute atomic E-state index is 0.159. The third-order valence-electron chi connectivity index (χ3n) is 4.06. The van der Waals surface area contributed by atoms with Crippen LogP contribution in [0.2, 0.25) is 0 Å². The Balaban J connectivity index is 1.91. The van der Waals surface area contributed by atoms with Gasteiger partial charge in [-0.3, -0.25) is 0 Å². The Morgan fingerprint density at radius 1 is 1.15 bits per heavy atom. The fraction of sp³-hybridized carbons (Fsp3) is 0.571. The van der Waals surface area contributed by atoms with Gasteiger partial charge in [0.25, 0.3) is 0 Å². The van der Waals surface area contributed by atoms with Gasteiger partial charge in [0, 0.05) is 18.9 Å². The zero-order valence-corrected chi connectivity index (χ0v) is 11.7. The van der Waals surface area contributed by atoms with Gasteiger partial charge in [0.05, 0.1) is 5.41 Å². The summed E-state index contributed by atoms with van der Waals surface area (Å²) in [4.78, 5) is 13.0. The van der Waals surface area contributed by atoms with Gasteiger partial charge >= 0.3 is 0 Å². The molecule has 6 heteroatoms. The third-order valence-corrected chi connectivity index (χ3v) is 4.06. The summed E-state index contributed by atoms with van der Waals surface area (Å²) in [5.41, 5.74) is 6.82. The summed E-state index contributed by atoms with van der Waals surface area (Å²) in [5.74, 6) is 1.57. The van der Waals surface area contributed by atoms with Gasteiger partial charge in [-0.05, 0) is 25.3 Å². The highest BCUT2D eigenvalue weighted by molar-refractivity contribution is 5.41. The number of nitrogens with two attached hydrogens (primary N) is 1. The predicted molar refractivity (Wildman–Crippen MR) is 73.9 cm³/mol. The number of nitrogens with zero attached hydrogens (tertiary/aromatic N) is 4. The molecule has 0 radical (unpaired) electrons. The molecular formula is C14H19N5O. The van der Waals surface area contributed by atoms with Crippen molar-refractivity contribution in [3.8, 4) is 11.6 Å². The van der Waals surface area contributed by atoms with Gasteiger partial charge < -0.3 is 10.3 Å². The molecular weight excluding hydrogens is 254 g/mol. The van der Waals surface area contributed by atoms with Crippen molar-refractivity contribution < 1.29 is 4.52 Å². The lowest BCUT2D eigenvalue weighted by Crippen LogP contribution is -2.37. The highest BCUT2D eigenvalue weighted by Gasteiger charge is 2.38. The van der Waals surface area contributed by atoms with Crippen LogP contribution in [0, 0.1) is 6.92 Å². The van der Waals surface area contributed by atoms with Crippen molar-refractivity contribution in [3.63, 3.8) is 0 Å². The molecule has 0 spiro atoms. The number of aryl methyl sites for hydroxylation is 1. The molecule has 1 fully saturated rings. The van der Waals surface area contributed by atoms with E-state index in [1.165, 1.54) is 6.42 Å². The fourth-order valence-electron chi connectivity index (χ4n) is 2.77. The quantitative estimate of drug-likeness (QED) is 0.919. The summed E-state index contributed by atoms with van der Waals surface area (Å²) in [6.07, 6.45) is 9.10. The summed E-state index contributed by atoms with van der Waals surface area (Å²) in [5, 5.41) is 4.02. The van der Waals surface area contributed by atoms with Crippen LogP contribution in [0.15, 0.2) is 16.9 Å². The van der Waals surface area contributed by atoms with E-state index in [4.69, 9.17) is 10.3 Å². The van der Waals surface area contributed by atoms with E-state index in [1.807, 2.05) is 6.92 Å².